The first kappa shape index (κ1) is 26.4. The SMILES string of the molecule is CN(O)C1OC(C(=O)O)C(O)C(O)C1O.Fc1cc2c(c(-c3c(Cl)cccc3Cl)c1)OCCO2. The van der Waals surface area contributed by atoms with Crippen molar-refractivity contribution in [3.8, 4) is 22.6 Å². The second kappa shape index (κ2) is 11.0. The van der Waals surface area contributed by atoms with Crippen molar-refractivity contribution in [1.82, 2.24) is 5.06 Å². The van der Waals surface area contributed by atoms with E-state index < -0.39 is 42.4 Å². The second-order valence-electron chi connectivity index (χ2n) is 7.41. The molecule has 1 saturated heterocycles. The van der Waals surface area contributed by atoms with Crippen LogP contribution in [0.25, 0.3) is 11.1 Å². The lowest BCUT2D eigenvalue weighted by Crippen LogP contribution is -2.63. The quantitative estimate of drug-likeness (QED) is 0.378. The van der Waals surface area contributed by atoms with Gasteiger partial charge in [-0.25, -0.2) is 9.18 Å². The molecule has 0 aromatic heterocycles. The summed E-state index contributed by atoms with van der Waals surface area (Å²) in [6.07, 6.45) is -8.12. The Balaban J connectivity index is 0.000000197. The number of hydroxylamine groups is 2. The minimum Gasteiger partial charge on any atom is -0.486 e. The van der Waals surface area contributed by atoms with Gasteiger partial charge in [-0.1, -0.05) is 29.3 Å². The normalized spacial score (nSPS) is 26.0. The fourth-order valence-corrected chi connectivity index (χ4v) is 4.04. The van der Waals surface area contributed by atoms with Gasteiger partial charge in [-0.2, -0.15) is 5.06 Å². The van der Waals surface area contributed by atoms with Crippen molar-refractivity contribution >= 4 is 29.2 Å². The van der Waals surface area contributed by atoms with E-state index in [2.05, 4.69) is 0 Å². The molecule has 1 fully saturated rings. The van der Waals surface area contributed by atoms with Crippen LogP contribution in [0.1, 0.15) is 0 Å². The van der Waals surface area contributed by atoms with Crippen LogP contribution < -0.4 is 9.47 Å². The zero-order chi connectivity index (χ0) is 25.2. The van der Waals surface area contributed by atoms with Gasteiger partial charge in [0.15, 0.2) is 23.8 Å². The van der Waals surface area contributed by atoms with Gasteiger partial charge in [0.05, 0.1) is 10.0 Å². The Hall–Kier alpha value is -2.22. The van der Waals surface area contributed by atoms with Gasteiger partial charge in [0, 0.05) is 24.2 Å². The fourth-order valence-electron chi connectivity index (χ4n) is 3.44. The number of hydrogen-bond acceptors (Lipinski definition) is 9. The minimum atomic E-state index is -1.74. The van der Waals surface area contributed by atoms with Crippen LogP contribution in [0.5, 0.6) is 11.5 Å². The van der Waals surface area contributed by atoms with Crippen molar-refractivity contribution in [1.29, 1.82) is 0 Å². The van der Waals surface area contributed by atoms with Gasteiger partial charge in [-0.05, 0) is 18.2 Å². The van der Waals surface area contributed by atoms with Gasteiger partial charge >= 0.3 is 5.97 Å². The molecule has 5 unspecified atom stereocenters. The van der Waals surface area contributed by atoms with Crippen LogP contribution in [0.4, 0.5) is 4.39 Å². The lowest BCUT2D eigenvalue weighted by molar-refractivity contribution is -0.305. The van der Waals surface area contributed by atoms with Gasteiger partial charge in [-0.3, -0.25) is 0 Å². The first-order valence-electron chi connectivity index (χ1n) is 9.90. The second-order valence-corrected chi connectivity index (χ2v) is 8.22. The Morgan fingerprint density at radius 1 is 1.06 bits per heavy atom. The van der Waals surface area contributed by atoms with Gasteiger partial charge in [0.2, 0.25) is 0 Å². The van der Waals surface area contributed by atoms with Crippen LogP contribution >= 0.6 is 23.2 Å². The van der Waals surface area contributed by atoms with E-state index in [1.165, 1.54) is 12.1 Å². The maximum atomic E-state index is 13.7. The summed E-state index contributed by atoms with van der Waals surface area (Å²) < 4.78 is 29.4. The molecule has 2 heterocycles. The average Bonchev–Trinajstić information content (AvgIpc) is 2.77. The molecule has 2 aliphatic heterocycles. The molecular formula is C21H22Cl2FNO9. The van der Waals surface area contributed by atoms with E-state index in [9.17, 15) is 24.5 Å². The van der Waals surface area contributed by atoms with Crippen LogP contribution in [-0.2, 0) is 9.53 Å². The molecule has 4 rings (SSSR count). The highest BCUT2D eigenvalue weighted by Crippen LogP contribution is 2.45. The van der Waals surface area contributed by atoms with E-state index in [4.69, 9.17) is 47.7 Å². The van der Waals surface area contributed by atoms with Crippen molar-refractivity contribution in [2.24, 2.45) is 0 Å². The maximum absolute atomic E-state index is 13.7. The number of rotatable bonds is 3. The standard InChI is InChI=1S/C14H9Cl2FO2.C7H13NO7/c15-10-2-1-3-11(16)13(10)9-6-8(17)7-12-14(9)19-5-4-18-12;1-8(14)6-4(11)2(9)3(10)5(15-6)7(12)13/h1-3,6-7H,4-5H2;2-6,9-11,14H,1H3,(H,12,13). The molecule has 5 N–H and O–H groups in total. The zero-order valence-electron chi connectivity index (χ0n) is 17.6. The lowest BCUT2D eigenvalue weighted by Gasteiger charge is -2.40. The van der Waals surface area contributed by atoms with E-state index in [0.717, 1.165) is 7.05 Å². The van der Waals surface area contributed by atoms with Crippen molar-refractivity contribution in [2.45, 2.75) is 30.6 Å². The minimum absolute atomic E-state index is 0.372. The number of ether oxygens (including phenoxy) is 3. The molecule has 186 valence electrons. The van der Waals surface area contributed by atoms with Crippen LogP contribution in [0, 0.1) is 5.82 Å². The summed E-state index contributed by atoms with van der Waals surface area (Å²) >= 11 is 12.3. The average molecular weight is 522 g/mol. The number of halogens is 3. The third-order valence-corrected chi connectivity index (χ3v) is 5.67. The number of likely N-dealkylation sites (N-methyl/N-ethyl adjacent to an activating group) is 1. The van der Waals surface area contributed by atoms with Crippen LogP contribution in [0.3, 0.4) is 0 Å². The number of aliphatic carboxylic acids is 1. The van der Waals surface area contributed by atoms with Gasteiger partial charge < -0.3 is 39.8 Å². The van der Waals surface area contributed by atoms with E-state index in [1.807, 2.05) is 0 Å². The number of benzene rings is 2. The van der Waals surface area contributed by atoms with Crippen LogP contribution in [0.2, 0.25) is 10.0 Å². The predicted octanol–water partition coefficient (Wildman–Crippen LogP) is 1.77. The molecule has 0 bridgehead atoms. The molecule has 0 spiro atoms. The fraction of sp³-hybridized carbons (Fsp3) is 0.381. The zero-order valence-corrected chi connectivity index (χ0v) is 19.1. The highest BCUT2D eigenvalue weighted by molar-refractivity contribution is 6.39. The predicted molar refractivity (Wildman–Crippen MR) is 117 cm³/mol. The molecule has 0 radical (unpaired) electrons. The van der Waals surface area contributed by atoms with Crippen LogP contribution in [-0.4, -0.2) is 87.6 Å². The molecule has 2 aliphatic rings. The first-order chi connectivity index (χ1) is 16.0. The van der Waals surface area contributed by atoms with Gasteiger partial charge in [-0.15, -0.1) is 0 Å². The van der Waals surface area contributed by atoms with E-state index >= 15 is 0 Å². The van der Waals surface area contributed by atoms with Gasteiger partial charge in [0.1, 0.15) is 37.3 Å². The number of aliphatic hydroxyl groups excluding tert-OH is 3. The Morgan fingerprint density at radius 2 is 1.68 bits per heavy atom. The number of carboxylic acid groups (broad SMARTS) is 1. The van der Waals surface area contributed by atoms with Crippen molar-refractivity contribution in [3.05, 3.63) is 46.2 Å². The maximum Gasteiger partial charge on any atom is 0.335 e. The summed E-state index contributed by atoms with van der Waals surface area (Å²) in [6.45, 7) is 0.805. The monoisotopic (exact) mass is 521 g/mol. The van der Waals surface area contributed by atoms with E-state index in [1.54, 1.807) is 18.2 Å². The molecular weight excluding hydrogens is 500 g/mol. The molecule has 10 nitrogen and oxygen atoms in total. The molecule has 0 amide bonds. The van der Waals surface area contributed by atoms with E-state index in [0.29, 0.717) is 50.9 Å². The summed E-state index contributed by atoms with van der Waals surface area (Å²) in [5, 5.41) is 46.9. The lowest BCUT2D eigenvalue weighted by atomic mass is 9.98. The summed E-state index contributed by atoms with van der Waals surface area (Å²) in [5.41, 5.74) is 1.05. The van der Waals surface area contributed by atoms with Crippen molar-refractivity contribution in [2.75, 3.05) is 20.3 Å². The molecule has 13 heteroatoms. The number of carboxylic acids is 1. The van der Waals surface area contributed by atoms with Gasteiger partial charge in [0.25, 0.3) is 0 Å². The first-order valence-corrected chi connectivity index (χ1v) is 10.7. The largest absolute Gasteiger partial charge is 0.486 e. The summed E-state index contributed by atoms with van der Waals surface area (Å²) in [4.78, 5) is 10.6. The third-order valence-electron chi connectivity index (χ3n) is 5.04. The summed E-state index contributed by atoms with van der Waals surface area (Å²) in [7, 11) is 1.12. The summed E-state index contributed by atoms with van der Waals surface area (Å²) in [6, 6.07) is 7.77. The smallest absolute Gasteiger partial charge is 0.335 e. The highest BCUT2D eigenvalue weighted by Gasteiger charge is 2.48. The van der Waals surface area contributed by atoms with E-state index in [-0.39, 0.29) is 0 Å². The Bertz CT molecular complexity index is 1020. The number of fused-ring (bicyclic) bond motifs is 1. The molecule has 0 saturated carbocycles. The number of aliphatic hydroxyl groups is 3. The topological polar surface area (TPSA) is 149 Å². The molecule has 34 heavy (non-hydrogen) atoms. The Morgan fingerprint density at radius 3 is 2.26 bits per heavy atom. The number of carbonyl (C=O) groups is 1. The Kier molecular flexibility index (Phi) is 8.55. The molecule has 2 aromatic carbocycles. The van der Waals surface area contributed by atoms with Crippen molar-refractivity contribution in [3.63, 3.8) is 0 Å². The number of hydrogen-bond donors (Lipinski definition) is 5. The summed E-state index contributed by atoms with van der Waals surface area (Å²) in [5.74, 6) is -1.06. The third kappa shape index (κ3) is 5.53. The molecule has 2 aromatic rings. The molecule has 0 aliphatic carbocycles. The van der Waals surface area contributed by atoms with Crippen LogP contribution in [0.15, 0.2) is 30.3 Å². The number of nitrogens with zero attached hydrogens (tertiary/aromatic N) is 1. The molecule has 5 atom stereocenters. The Labute approximate surface area is 203 Å². The van der Waals surface area contributed by atoms with Crippen molar-refractivity contribution < 1.29 is 49.0 Å². The highest BCUT2D eigenvalue weighted by atomic mass is 35.5.